The molecule has 0 aliphatic carbocycles. The van der Waals surface area contributed by atoms with E-state index in [1.54, 1.807) is 0 Å². The van der Waals surface area contributed by atoms with Crippen molar-refractivity contribution in [3.8, 4) is 39.5 Å². The zero-order chi connectivity index (χ0) is 48.6. The van der Waals surface area contributed by atoms with Crippen LogP contribution in [0.25, 0.3) is 44.7 Å². The van der Waals surface area contributed by atoms with Gasteiger partial charge in [0, 0.05) is 67.2 Å². The van der Waals surface area contributed by atoms with Gasteiger partial charge in [-0.15, -0.1) is 0 Å². The molecule has 3 aromatic heterocycles. The molecule has 3 aromatic carbocycles. The number of hydrogen-bond acceptors (Lipinski definition) is 11. The number of aromatic nitrogens is 5. The molecule has 6 aromatic rings. The number of carbonyl (C=O) groups is 4. The Bertz CT molecular complexity index is 2920. The molecule has 5 atom stereocenters. The molecule has 5 aliphatic rings. The lowest BCUT2D eigenvalue weighted by Gasteiger charge is -2.34. The lowest BCUT2D eigenvalue weighted by atomic mass is 9.90. The quantitative estimate of drug-likeness (QED) is 0.0992. The smallest absolute Gasteiger partial charge is 0.407 e. The maximum Gasteiger partial charge on any atom is 0.407 e. The Labute approximate surface area is 410 Å². The average molecular weight is 966 g/mol. The number of methoxy groups -OCH3 is 2. The van der Waals surface area contributed by atoms with Crippen molar-refractivity contribution in [2.24, 2.45) is 11.8 Å². The summed E-state index contributed by atoms with van der Waals surface area (Å²) in [6, 6.07) is 23.0. The van der Waals surface area contributed by atoms with Crippen LogP contribution in [0, 0.1) is 11.8 Å². The molecule has 18 nitrogen and oxygen atoms in total. The van der Waals surface area contributed by atoms with Gasteiger partial charge in [0.25, 0.3) is 0 Å². The SMILES string of the molecule is COC(=O)N[C@H](C(=O)N1CCC[C@H]1c1ncc(-c2ccc3c(c2)O[C@@H](c2ccccc2)n2c-3cc3cc(-c4cnc([C@@H]5CCCN5C(=O)[C@@H](NC(=O)OC)C5CCOCC5)[nH]4)ccc32)[nH]1)C1CCOCC1. The summed E-state index contributed by atoms with van der Waals surface area (Å²) < 4.78 is 30.2. The van der Waals surface area contributed by atoms with Crippen LogP contribution in [0.4, 0.5) is 9.59 Å². The molecule has 71 heavy (non-hydrogen) atoms. The molecule has 18 heteroatoms. The third-order valence-corrected chi connectivity index (χ3v) is 15.1. The second kappa shape index (κ2) is 19.9. The molecule has 4 saturated heterocycles. The molecule has 4 N–H and O–H groups in total. The van der Waals surface area contributed by atoms with Gasteiger partial charge in [-0.1, -0.05) is 42.5 Å². The standard InChI is InChI=1S/C53H59N9O9/c1-67-52(65)58-45(31-16-22-69-23-17-31)49(63)60-20-6-10-41(60)47-54-29-38(56-47)34-13-15-40-36(26-34)27-43-37-14-12-35(28-44(37)71-51(62(40)43)33-8-4-3-5-9-33)39-30-55-48(57-39)42-11-7-21-61(42)50(64)46(59-53(66)68-2)32-18-24-70-25-19-32/h3-5,8-9,12-15,26-32,41-42,45-46,51H,6-7,10-11,16-25H2,1-2H3,(H,54,56)(H,55,57)(H,58,65)(H,59,66)/t41-,42-,45-,46-,51-/m0/s1. The Morgan fingerprint density at radius 1 is 0.662 bits per heavy atom. The molecular formula is C53H59N9O9. The molecule has 0 bridgehead atoms. The Balaban J connectivity index is 0.862. The van der Waals surface area contributed by atoms with Crippen LogP contribution in [0.2, 0.25) is 0 Å². The molecule has 0 unspecified atom stereocenters. The summed E-state index contributed by atoms with van der Waals surface area (Å²) in [5.41, 5.74) is 7.43. The zero-order valence-electron chi connectivity index (χ0n) is 39.9. The highest BCUT2D eigenvalue weighted by Crippen LogP contribution is 2.46. The number of carbonyl (C=O) groups excluding carboxylic acids is 4. The van der Waals surface area contributed by atoms with Crippen molar-refractivity contribution in [2.45, 2.75) is 81.8 Å². The molecule has 0 saturated carbocycles. The largest absolute Gasteiger partial charge is 0.465 e. The van der Waals surface area contributed by atoms with Gasteiger partial charge in [-0.2, -0.15) is 0 Å². The van der Waals surface area contributed by atoms with E-state index in [0.717, 1.165) is 81.7 Å². The minimum Gasteiger partial charge on any atom is -0.465 e. The highest BCUT2D eigenvalue weighted by Gasteiger charge is 2.42. The van der Waals surface area contributed by atoms with E-state index in [2.05, 4.69) is 79.8 Å². The zero-order valence-corrected chi connectivity index (χ0v) is 39.9. The summed E-state index contributed by atoms with van der Waals surface area (Å²) >= 11 is 0. The Morgan fingerprint density at radius 2 is 1.20 bits per heavy atom. The van der Waals surface area contributed by atoms with Gasteiger partial charge in [0.1, 0.15) is 29.5 Å². The number of nitrogens with one attached hydrogen (secondary N) is 4. The predicted molar refractivity (Wildman–Crippen MR) is 261 cm³/mol. The summed E-state index contributed by atoms with van der Waals surface area (Å²) in [6.45, 7) is 3.31. The number of imidazole rings is 2. The van der Waals surface area contributed by atoms with Crippen molar-refractivity contribution < 1.29 is 42.9 Å². The number of aromatic amines is 2. The number of rotatable bonds is 11. The van der Waals surface area contributed by atoms with Gasteiger partial charge < -0.3 is 58.7 Å². The highest BCUT2D eigenvalue weighted by molar-refractivity contribution is 5.93. The fourth-order valence-electron chi connectivity index (χ4n) is 11.4. The van der Waals surface area contributed by atoms with Crippen LogP contribution in [0.3, 0.4) is 0 Å². The summed E-state index contributed by atoms with van der Waals surface area (Å²) in [4.78, 5) is 73.7. The minimum absolute atomic E-state index is 0.0519. The first kappa shape index (κ1) is 46.2. The molecule has 0 radical (unpaired) electrons. The minimum atomic E-state index is -0.718. The number of nitrogens with zero attached hydrogens (tertiary/aromatic N) is 5. The van der Waals surface area contributed by atoms with Crippen LogP contribution < -0.4 is 15.4 Å². The number of likely N-dealkylation sites (tertiary alicyclic amines) is 2. The van der Waals surface area contributed by atoms with Crippen LogP contribution in [-0.4, -0.2) is 124 Å². The van der Waals surface area contributed by atoms with E-state index in [4.69, 9.17) is 33.7 Å². The Kier molecular flexibility index (Phi) is 13.0. The first-order valence-electron chi connectivity index (χ1n) is 24.8. The third-order valence-electron chi connectivity index (χ3n) is 15.1. The summed E-state index contributed by atoms with van der Waals surface area (Å²) in [7, 11) is 2.62. The van der Waals surface area contributed by atoms with Crippen LogP contribution in [0.5, 0.6) is 5.75 Å². The van der Waals surface area contributed by atoms with E-state index < -0.39 is 30.5 Å². The molecule has 5 aliphatic heterocycles. The van der Waals surface area contributed by atoms with E-state index in [1.807, 2.05) is 40.4 Å². The van der Waals surface area contributed by atoms with E-state index in [0.29, 0.717) is 76.8 Å². The maximum atomic E-state index is 14.2. The van der Waals surface area contributed by atoms with E-state index in [9.17, 15) is 19.2 Å². The number of benzene rings is 3. The molecule has 8 heterocycles. The van der Waals surface area contributed by atoms with Crippen molar-refractivity contribution in [1.29, 1.82) is 0 Å². The van der Waals surface area contributed by atoms with Crippen LogP contribution >= 0.6 is 0 Å². The van der Waals surface area contributed by atoms with Gasteiger partial charge in [0.05, 0.1) is 61.3 Å². The van der Waals surface area contributed by atoms with Gasteiger partial charge in [0.2, 0.25) is 18.0 Å². The number of amides is 4. The molecule has 370 valence electrons. The van der Waals surface area contributed by atoms with Crippen molar-refractivity contribution >= 4 is 34.9 Å². The van der Waals surface area contributed by atoms with Crippen molar-refractivity contribution in [2.75, 3.05) is 53.7 Å². The number of H-pyrrole nitrogens is 2. The summed E-state index contributed by atoms with van der Waals surface area (Å²) in [5, 5.41) is 6.69. The summed E-state index contributed by atoms with van der Waals surface area (Å²) in [6.07, 6.45) is 7.77. The first-order chi connectivity index (χ1) is 34.8. The lowest BCUT2D eigenvalue weighted by Crippen LogP contribution is -2.53. The normalized spacial score (nSPS) is 21.2. The predicted octanol–water partition coefficient (Wildman–Crippen LogP) is 7.66. The number of ether oxygens (including phenoxy) is 5. The summed E-state index contributed by atoms with van der Waals surface area (Å²) in [5.74, 6) is 1.75. The van der Waals surface area contributed by atoms with E-state index >= 15 is 0 Å². The molecule has 0 spiro atoms. The first-order valence-corrected chi connectivity index (χ1v) is 24.8. The number of fused-ring (bicyclic) bond motifs is 5. The fraction of sp³-hybridized carbons (Fsp3) is 0.434. The Hall–Kier alpha value is -7.18. The number of hydrogen-bond donors (Lipinski definition) is 4. The fourth-order valence-corrected chi connectivity index (χ4v) is 11.4. The Morgan fingerprint density at radius 3 is 1.75 bits per heavy atom. The van der Waals surface area contributed by atoms with E-state index in [1.165, 1.54) is 14.2 Å². The highest BCUT2D eigenvalue weighted by atomic mass is 16.5. The monoisotopic (exact) mass is 965 g/mol. The van der Waals surface area contributed by atoms with Crippen molar-refractivity contribution in [1.82, 2.24) is 44.9 Å². The van der Waals surface area contributed by atoms with Gasteiger partial charge in [-0.25, -0.2) is 19.6 Å². The van der Waals surface area contributed by atoms with Crippen molar-refractivity contribution in [3.63, 3.8) is 0 Å². The lowest BCUT2D eigenvalue weighted by molar-refractivity contribution is -0.137. The topological polar surface area (TPSA) is 207 Å². The molecule has 4 amide bonds. The maximum absolute atomic E-state index is 14.2. The van der Waals surface area contributed by atoms with Crippen LogP contribution in [0.15, 0.2) is 85.2 Å². The molecule has 4 fully saturated rings. The van der Waals surface area contributed by atoms with Crippen molar-refractivity contribution in [3.05, 3.63) is 102 Å². The van der Waals surface area contributed by atoms with Gasteiger partial charge >= 0.3 is 12.2 Å². The number of alkyl carbamates (subject to hydrolysis) is 2. The third kappa shape index (κ3) is 8.98. The second-order valence-corrected chi connectivity index (χ2v) is 19.1. The van der Waals surface area contributed by atoms with Gasteiger partial charge in [-0.05, 0) is 93.5 Å². The molecular weight excluding hydrogens is 907 g/mol. The van der Waals surface area contributed by atoms with Crippen LogP contribution in [0.1, 0.15) is 86.9 Å². The van der Waals surface area contributed by atoms with Gasteiger partial charge in [-0.3, -0.25) is 9.59 Å². The average Bonchev–Trinajstić information content (AvgIpc) is 4.29. The van der Waals surface area contributed by atoms with Gasteiger partial charge in [0.15, 0.2) is 0 Å². The van der Waals surface area contributed by atoms with E-state index in [-0.39, 0.29) is 35.7 Å². The van der Waals surface area contributed by atoms with Crippen LogP contribution in [-0.2, 0) is 28.5 Å². The second-order valence-electron chi connectivity index (χ2n) is 19.1. The molecule has 11 rings (SSSR count).